The van der Waals surface area contributed by atoms with Gasteiger partial charge in [0.2, 0.25) is 0 Å². The number of rotatable bonds is 2. The Labute approximate surface area is 131 Å². The Bertz CT molecular complexity index is 708. The minimum Gasteiger partial charge on any atom is -0.367 e. The van der Waals surface area contributed by atoms with Gasteiger partial charge in [-0.05, 0) is 41.3 Å². The van der Waals surface area contributed by atoms with Crippen molar-refractivity contribution in [3.05, 3.63) is 39.0 Å². The molecular weight excluding hydrogens is 334 g/mol. The van der Waals surface area contributed by atoms with E-state index >= 15 is 0 Å². The van der Waals surface area contributed by atoms with Gasteiger partial charge in [0.15, 0.2) is 0 Å². The molecule has 112 valence electrons. The highest BCUT2D eigenvalue weighted by Gasteiger charge is 2.24. The van der Waals surface area contributed by atoms with Crippen LogP contribution in [0.2, 0.25) is 0 Å². The number of hydrogen-bond acceptors (Lipinski definition) is 4. The average Bonchev–Trinajstić information content (AvgIpc) is 2.92. The highest BCUT2D eigenvalue weighted by molar-refractivity contribution is 9.10. The fourth-order valence-electron chi connectivity index (χ4n) is 2.74. The lowest BCUT2D eigenvalue weighted by molar-refractivity contribution is 0.375. The SMILES string of the molecule is Cc1cnn(C2CCCN(c3cnn(C)c(=O)c3Br)C2)c1. The van der Waals surface area contributed by atoms with Crippen LogP contribution in [0, 0.1) is 6.92 Å². The van der Waals surface area contributed by atoms with Crippen molar-refractivity contribution in [3.63, 3.8) is 0 Å². The minimum absolute atomic E-state index is 0.107. The van der Waals surface area contributed by atoms with Crippen LogP contribution >= 0.6 is 15.9 Å². The molecule has 3 rings (SSSR count). The number of hydrogen-bond donors (Lipinski definition) is 0. The third kappa shape index (κ3) is 2.74. The molecule has 1 aliphatic rings. The van der Waals surface area contributed by atoms with Crippen molar-refractivity contribution < 1.29 is 0 Å². The van der Waals surface area contributed by atoms with Gasteiger partial charge in [0.05, 0.1) is 24.1 Å². The summed E-state index contributed by atoms with van der Waals surface area (Å²) in [6.07, 6.45) is 7.89. The Balaban J connectivity index is 1.87. The monoisotopic (exact) mass is 351 g/mol. The molecule has 0 bridgehead atoms. The van der Waals surface area contributed by atoms with Gasteiger partial charge in [-0.15, -0.1) is 0 Å². The van der Waals surface area contributed by atoms with Gasteiger partial charge >= 0.3 is 0 Å². The summed E-state index contributed by atoms with van der Waals surface area (Å²) in [4.78, 5) is 14.2. The Morgan fingerprint density at radius 2 is 2.14 bits per heavy atom. The zero-order valence-corrected chi connectivity index (χ0v) is 13.7. The van der Waals surface area contributed by atoms with Crippen LogP contribution in [0.3, 0.4) is 0 Å². The van der Waals surface area contributed by atoms with E-state index in [0.29, 0.717) is 10.5 Å². The number of aryl methyl sites for hydroxylation is 2. The van der Waals surface area contributed by atoms with Gasteiger partial charge in [-0.25, -0.2) is 4.68 Å². The van der Waals surface area contributed by atoms with Crippen molar-refractivity contribution in [2.75, 3.05) is 18.0 Å². The second-order valence-corrected chi connectivity index (χ2v) is 6.31. The van der Waals surface area contributed by atoms with Crippen LogP contribution in [0.15, 0.2) is 27.9 Å². The first-order valence-corrected chi connectivity index (χ1v) is 7.83. The summed E-state index contributed by atoms with van der Waals surface area (Å²) in [5, 5.41) is 8.55. The second kappa shape index (κ2) is 5.63. The third-order valence-corrected chi connectivity index (χ3v) is 4.65. The van der Waals surface area contributed by atoms with E-state index in [-0.39, 0.29) is 5.56 Å². The first kappa shape index (κ1) is 14.3. The highest BCUT2D eigenvalue weighted by atomic mass is 79.9. The highest BCUT2D eigenvalue weighted by Crippen LogP contribution is 2.28. The van der Waals surface area contributed by atoms with E-state index in [9.17, 15) is 4.79 Å². The zero-order valence-electron chi connectivity index (χ0n) is 12.2. The molecule has 1 aliphatic heterocycles. The van der Waals surface area contributed by atoms with Crippen molar-refractivity contribution in [2.45, 2.75) is 25.8 Å². The van der Waals surface area contributed by atoms with Gasteiger partial charge in [-0.2, -0.15) is 10.2 Å². The van der Waals surface area contributed by atoms with Crippen molar-refractivity contribution in [3.8, 4) is 0 Å². The maximum absolute atomic E-state index is 12.0. The molecule has 0 amide bonds. The maximum atomic E-state index is 12.0. The Morgan fingerprint density at radius 3 is 2.86 bits per heavy atom. The third-order valence-electron chi connectivity index (χ3n) is 3.90. The summed E-state index contributed by atoms with van der Waals surface area (Å²) < 4.78 is 3.95. The molecule has 2 aromatic rings. The van der Waals surface area contributed by atoms with Crippen LogP contribution in [-0.4, -0.2) is 32.7 Å². The molecule has 0 spiro atoms. The van der Waals surface area contributed by atoms with E-state index in [1.807, 2.05) is 17.8 Å². The van der Waals surface area contributed by atoms with Gasteiger partial charge < -0.3 is 4.90 Å². The molecule has 1 unspecified atom stereocenters. The predicted molar refractivity (Wildman–Crippen MR) is 84.6 cm³/mol. The molecule has 0 aliphatic carbocycles. The summed E-state index contributed by atoms with van der Waals surface area (Å²) in [6, 6.07) is 0.336. The molecule has 0 aromatic carbocycles. The molecule has 0 radical (unpaired) electrons. The first-order valence-electron chi connectivity index (χ1n) is 7.04. The van der Waals surface area contributed by atoms with E-state index in [4.69, 9.17) is 0 Å². The lowest BCUT2D eigenvalue weighted by atomic mass is 10.1. The van der Waals surface area contributed by atoms with E-state index in [1.54, 1.807) is 13.2 Å². The predicted octanol–water partition coefficient (Wildman–Crippen LogP) is 1.89. The van der Waals surface area contributed by atoms with Crippen LogP contribution in [0.4, 0.5) is 5.69 Å². The summed E-state index contributed by atoms with van der Waals surface area (Å²) in [7, 11) is 1.66. The van der Waals surface area contributed by atoms with Crippen molar-refractivity contribution >= 4 is 21.6 Å². The molecule has 7 heteroatoms. The van der Waals surface area contributed by atoms with Crippen LogP contribution in [0.5, 0.6) is 0 Å². The van der Waals surface area contributed by atoms with E-state index in [0.717, 1.165) is 31.6 Å². The van der Waals surface area contributed by atoms with Crippen molar-refractivity contribution in [2.24, 2.45) is 7.05 Å². The van der Waals surface area contributed by atoms with E-state index < -0.39 is 0 Å². The van der Waals surface area contributed by atoms with Crippen LogP contribution in [0.25, 0.3) is 0 Å². The molecule has 3 heterocycles. The van der Waals surface area contributed by atoms with Gasteiger partial charge in [0.25, 0.3) is 5.56 Å². The van der Waals surface area contributed by atoms with E-state index in [2.05, 4.69) is 37.2 Å². The largest absolute Gasteiger partial charge is 0.367 e. The molecular formula is C14H18BrN5O. The number of piperidine rings is 1. The standard InChI is InChI=1S/C14H18BrN5O/c1-10-6-17-20(8-10)11-4-3-5-19(9-11)12-7-16-18(2)14(21)13(12)15/h6-8,11H,3-5,9H2,1-2H3. The summed E-state index contributed by atoms with van der Waals surface area (Å²) in [6.45, 7) is 3.82. The minimum atomic E-state index is -0.107. The van der Waals surface area contributed by atoms with Crippen LogP contribution < -0.4 is 10.5 Å². The van der Waals surface area contributed by atoms with Gasteiger partial charge in [-0.1, -0.05) is 0 Å². The Kier molecular flexibility index (Phi) is 3.84. The average molecular weight is 352 g/mol. The number of aromatic nitrogens is 4. The van der Waals surface area contributed by atoms with Gasteiger partial charge in [0.1, 0.15) is 4.47 Å². The fraction of sp³-hybridized carbons (Fsp3) is 0.500. The molecule has 1 atom stereocenters. The molecule has 0 saturated carbocycles. The van der Waals surface area contributed by atoms with Gasteiger partial charge in [-0.3, -0.25) is 9.48 Å². The Hall–Kier alpha value is -1.63. The normalized spacial score (nSPS) is 19.0. The Morgan fingerprint density at radius 1 is 1.33 bits per heavy atom. The number of halogens is 1. The molecule has 21 heavy (non-hydrogen) atoms. The van der Waals surface area contributed by atoms with Crippen molar-refractivity contribution in [1.29, 1.82) is 0 Å². The molecule has 1 fully saturated rings. The number of nitrogens with zero attached hydrogens (tertiary/aromatic N) is 5. The lowest BCUT2D eigenvalue weighted by Crippen LogP contribution is -2.38. The summed E-state index contributed by atoms with van der Waals surface area (Å²) in [5.41, 5.74) is 1.93. The molecule has 1 saturated heterocycles. The molecule has 0 N–H and O–H groups in total. The van der Waals surface area contributed by atoms with Crippen LogP contribution in [-0.2, 0) is 7.05 Å². The quantitative estimate of drug-likeness (QED) is 0.828. The van der Waals surface area contributed by atoms with Crippen LogP contribution in [0.1, 0.15) is 24.4 Å². The van der Waals surface area contributed by atoms with Crippen molar-refractivity contribution in [1.82, 2.24) is 19.6 Å². The summed E-state index contributed by atoms with van der Waals surface area (Å²) in [5.74, 6) is 0. The molecule has 2 aromatic heterocycles. The van der Waals surface area contributed by atoms with Gasteiger partial charge in [0, 0.05) is 26.3 Å². The fourth-order valence-corrected chi connectivity index (χ4v) is 3.35. The van der Waals surface area contributed by atoms with E-state index in [1.165, 1.54) is 10.2 Å². The smallest absolute Gasteiger partial charge is 0.282 e. The molecule has 6 nitrogen and oxygen atoms in total. The maximum Gasteiger partial charge on any atom is 0.282 e. The zero-order chi connectivity index (χ0) is 15.0. The lowest BCUT2D eigenvalue weighted by Gasteiger charge is -2.34. The summed E-state index contributed by atoms with van der Waals surface area (Å²) >= 11 is 3.41. The first-order chi connectivity index (χ1) is 10.1. The second-order valence-electron chi connectivity index (χ2n) is 5.51. The number of anilines is 1. The topological polar surface area (TPSA) is 56.0 Å².